The molecule has 1 aliphatic heterocycles. The Morgan fingerprint density at radius 1 is 1.11 bits per heavy atom. The van der Waals surface area contributed by atoms with E-state index in [1.165, 1.54) is 68.9 Å². The van der Waals surface area contributed by atoms with Gasteiger partial charge in [0.1, 0.15) is 0 Å². The first-order valence-electron chi connectivity index (χ1n) is 18.8. The van der Waals surface area contributed by atoms with E-state index in [-0.39, 0.29) is 0 Å². The van der Waals surface area contributed by atoms with Gasteiger partial charge >= 0.3 is 0 Å². The van der Waals surface area contributed by atoms with Crippen molar-refractivity contribution in [2.75, 3.05) is 19.6 Å². The van der Waals surface area contributed by atoms with Gasteiger partial charge in [-0.3, -0.25) is 4.90 Å². The summed E-state index contributed by atoms with van der Waals surface area (Å²) in [6.45, 7) is 19.5. The van der Waals surface area contributed by atoms with Gasteiger partial charge in [-0.05, 0) is 133 Å². The molecule has 0 amide bonds. The van der Waals surface area contributed by atoms with Gasteiger partial charge in [-0.15, -0.1) is 12.3 Å². The molecule has 2 heteroatoms. The van der Waals surface area contributed by atoms with Crippen LogP contribution in [-0.4, -0.2) is 24.5 Å². The third kappa shape index (κ3) is 8.37. The number of nitrogens with one attached hydrogen (secondary N) is 1. The van der Waals surface area contributed by atoms with Crippen LogP contribution < -0.4 is 5.32 Å². The molecule has 0 bridgehead atoms. The van der Waals surface area contributed by atoms with Crippen molar-refractivity contribution in [3.8, 4) is 0 Å². The Balaban J connectivity index is 1.28. The van der Waals surface area contributed by atoms with Crippen molar-refractivity contribution in [1.29, 1.82) is 0 Å². The van der Waals surface area contributed by atoms with Gasteiger partial charge in [0.2, 0.25) is 0 Å². The average Bonchev–Trinajstić information content (AvgIpc) is 3.27. The molecule has 1 N–H and O–H groups in total. The number of fused-ring (bicyclic) bond motifs is 1. The maximum Gasteiger partial charge on any atom is 0.0236 e. The molecular weight excluding hydrogens is 556 g/mol. The second-order valence-corrected chi connectivity index (χ2v) is 14.9. The maximum absolute atomic E-state index is 4.32. The molecule has 0 radical (unpaired) electrons. The van der Waals surface area contributed by atoms with Crippen molar-refractivity contribution in [3.05, 3.63) is 114 Å². The predicted octanol–water partition coefficient (Wildman–Crippen LogP) is 11.0. The quantitative estimate of drug-likeness (QED) is 0.0942. The van der Waals surface area contributed by atoms with Crippen LogP contribution in [0.25, 0.3) is 0 Å². The molecule has 1 aromatic rings. The fourth-order valence-electron chi connectivity index (χ4n) is 9.22. The molecule has 248 valence electrons. The summed E-state index contributed by atoms with van der Waals surface area (Å²) in [5.74, 6) is 3.23. The summed E-state index contributed by atoms with van der Waals surface area (Å²) in [6.07, 6.45) is 33.2. The lowest BCUT2D eigenvalue weighted by atomic mass is 9.55. The van der Waals surface area contributed by atoms with Gasteiger partial charge in [0, 0.05) is 32.1 Å². The summed E-state index contributed by atoms with van der Waals surface area (Å²) in [5.41, 5.74) is 11.7. The molecular formula is C44H62N2. The van der Waals surface area contributed by atoms with Crippen LogP contribution in [0.15, 0.2) is 97.0 Å². The Bertz CT molecular complexity index is 1330. The van der Waals surface area contributed by atoms with Crippen LogP contribution in [0.3, 0.4) is 0 Å². The van der Waals surface area contributed by atoms with E-state index in [1.54, 1.807) is 16.7 Å². The molecule has 4 aliphatic rings. The lowest BCUT2D eigenvalue weighted by Gasteiger charge is -2.50. The summed E-state index contributed by atoms with van der Waals surface area (Å²) >= 11 is 0. The summed E-state index contributed by atoms with van der Waals surface area (Å²) in [6, 6.07) is 7.56. The van der Waals surface area contributed by atoms with Crippen molar-refractivity contribution >= 4 is 0 Å². The average molecular weight is 619 g/mol. The first kappa shape index (κ1) is 34.5. The molecule has 1 aromatic carbocycles. The molecule has 0 saturated heterocycles. The van der Waals surface area contributed by atoms with E-state index in [0.717, 1.165) is 51.4 Å². The molecule has 1 fully saturated rings. The van der Waals surface area contributed by atoms with Gasteiger partial charge in [-0.25, -0.2) is 0 Å². The molecule has 4 unspecified atom stereocenters. The zero-order valence-electron chi connectivity index (χ0n) is 29.4. The summed E-state index contributed by atoms with van der Waals surface area (Å²) in [4.78, 5) is 2.76. The standard InChI is InChI=1S/C44H62N2/c1-6-16-41(35(7-2)8-3)43(42-20-13-11-12-18-37(42)23-27-45-10-5)33-46-28-24-39-29-38(21-22-40(39)32-46)36(9-4)19-14-17-34-30-44(31-34)25-15-26-44/h7,10-11,13,15,18,20-22,25,29,34-36,41,43,45H,2,5-6,8-9,14,16-17,19,23-24,26-28,30-33H2,1,3-4H3. The number of allylic oxidation sites excluding steroid dienone is 6. The van der Waals surface area contributed by atoms with Crippen molar-refractivity contribution in [3.63, 3.8) is 0 Å². The highest BCUT2D eigenvalue weighted by Gasteiger charge is 2.44. The summed E-state index contributed by atoms with van der Waals surface area (Å²) in [7, 11) is 0. The van der Waals surface area contributed by atoms with Crippen LogP contribution in [0.2, 0.25) is 0 Å². The molecule has 1 saturated carbocycles. The van der Waals surface area contributed by atoms with Gasteiger partial charge in [-0.2, -0.15) is 0 Å². The third-order valence-electron chi connectivity index (χ3n) is 11.9. The Kier molecular flexibility index (Phi) is 12.6. The number of hydrogen-bond donors (Lipinski definition) is 1. The van der Waals surface area contributed by atoms with Gasteiger partial charge < -0.3 is 5.32 Å². The third-order valence-corrected chi connectivity index (χ3v) is 11.9. The molecule has 1 spiro atoms. The highest BCUT2D eigenvalue weighted by atomic mass is 15.1. The molecule has 2 nitrogen and oxygen atoms in total. The Morgan fingerprint density at radius 3 is 2.65 bits per heavy atom. The number of hydrogen-bond acceptors (Lipinski definition) is 2. The van der Waals surface area contributed by atoms with Crippen LogP contribution in [0, 0.1) is 29.1 Å². The fraction of sp³-hybridized carbons (Fsp3) is 0.568. The summed E-state index contributed by atoms with van der Waals surface area (Å²) in [5, 5.41) is 3.33. The van der Waals surface area contributed by atoms with E-state index in [9.17, 15) is 0 Å². The van der Waals surface area contributed by atoms with E-state index >= 15 is 0 Å². The molecule has 1 heterocycles. The lowest BCUT2D eigenvalue weighted by molar-refractivity contribution is 0.0838. The number of rotatable bonds is 19. The van der Waals surface area contributed by atoms with Crippen LogP contribution in [0.1, 0.15) is 114 Å². The van der Waals surface area contributed by atoms with E-state index in [0.29, 0.717) is 29.1 Å². The zero-order chi connectivity index (χ0) is 32.4. The SMILES string of the molecule is C=CNCCC1=C(C(CN2CCc3cc(C(CC)CCCC4CC5(C=CC5)C4)ccc3C2)C(CCC)C(C=C)CC)C=CC=C=C1. The van der Waals surface area contributed by atoms with Gasteiger partial charge in [0.05, 0.1) is 0 Å². The van der Waals surface area contributed by atoms with Gasteiger partial charge in [0.15, 0.2) is 0 Å². The maximum atomic E-state index is 4.32. The van der Waals surface area contributed by atoms with Crippen molar-refractivity contribution < 1.29 is 0 Å². The molecule has 4 atom stereocenters. The highest BCUT2D eigenvalue weighted by molar-refractivity contribution is 5.40. The summed E-state index contributed by atoms with van der Waals surface area (Å²) < 4.78 is 0. The zero-order valence-corrected chi connectivity index (χ0v) is 29.4. The van der Waals surface area contributed by atoms with E-state index < -0.39 is 0 Å². The smallest absolute Gasteiger partial charge is 0.0236 e. The molecule has 0 aromatic heterocycles. The van der Waals surface area contributed by atoms with E-state index in [4.69, 9.17) is 0 Å². The number of nitrogens with zero attached hydrogens (tertiary/aromatic N) is 1. The number of benzene rings is 1. The van der Waals surface area contributed by atoms with Crippen LogP contribution in [-0.2, 0) is 13.0 Å². The second-order valence-electron chi connectivity index (χ2n) is 14.9. The Hall–Kier alpha value is -2.80. The fourth-order valence-corrected chi connectivity index (χ4v) is 9.22. The minimum atomic E-state index is 0.457. The Labute approximate surface area is 282 Å². The minimum Gasteiger partial charge on any atom is -0.391 e. The second kappa shape index (κ2) is 16.9. The monoisotopic (exact) mass is 618 g/mol. The largest absolute Gasteiger partial charge is 0.391 e. The van der Waals surface area contributed by atoms with Crippen LogP contribution in [0.4, 0.5) is 0 Å². The topological polar surface area (TPSA) is 15.3 Å². The van der Waals surface area contributed by atoms with Crippen LogP contribution in [0.5, 0.6) is 0 Å². The molecule has 5 rings (SSSR count). The van der Waals surface area contributed by atoms with Crippen molar-refractivity contribution in [2.24, 2.45) is 29.1 Å². The van der Waals surface area contributed by atoms with Crippen molar-refractivity contribution in [2.45, 2.75) is 110 Å². The van der Waals surface area contributed by atoms with Gasteiger partial charge in [-0.1, -0.05) is 95.2 Å². The van der Waals surface area contributed by atoms with Gasteiger partial charge in [0.25, 0.3) is 0 Å². The van der Waals surface area contributed by atoms with E-state index in [1.807, 2.05) is 6.20 Å². The highest BCUT2D eigenvalue weighted by Crippen LogP contribution is 2.55. The normalized spacial score (nSPS) is 24.5. The lowest BCUT2D eigenvalue weighted by Crippen LogP contribution is -2.39. The minimum absolute atomic E-state index is 0.457. The van der Waals surface area contributed by atoms with Crippen molar-refractivity contribution in [1.82, 2.24) is 10.2 Å². The first-order chi connectivity index (χ1) is 22.5. The first-order valence-corrected chi connectivity index (χ1v) is 18.8. The van der Waals surface area contributed by atoms with E-state index in [2.05, 4.69) is 111 Å². The van der Waals surface area contributed by atoms with Crippen LogP contribution >= 0.6 is 0 Å². The Morgan fingerprint density at radius 2 is 1.96 bits per heavy atom. The molecule has 46 heavy (non-hydrogen) atoms. The molecule has 3 aliphatic carbocycles. The predicted molar refractivity (Wildman–Crippen MR) is 199 cm³/mol.